The Bertz CT molecular complexity index is 363. The minimum Gasteiger partial charge on any atom is -0.481 e. The number of rotatable bonds is 8. The number of nitrogens with one attached hydrogen (secondary N) is 1. The zero-order valence-corrected chi connectivity index (χ0v) is 13.3. The van der Waals surface area contributed by atoms with Gasteiger partial charge >= 0.3 is 12.1 Å². The number of carbonyl (C=O) groups is 3. The summed E-state index contributed by atoms with van der Waals surface area (Å²) >= 11 is 0. The molecule has 2 amide bonds. The van der Waals surface area contributed by atoms with E-state index in [1.54, 1.807) is 25.7 Å². The Balaban J connectivity index is 4.17. The van der Waals surface area contributed by atoms with Crippen LogP contribution < -0.4 is 5.32 Å². The van der Waals surface area contributed by atoms with E-state index in [0.717, 1.165) is 6.42 Å². The number of carboxylic acids is 1. The molecule has 0 unspecified atom stereocenters. The SMILES string of the molecule is CCCN(CCNC(=O)OC(C)(C)C)C(=O)CCC(=O)O. The van der Waals surface area contributed by atoms with Gasteiger partial charge in [0.15, 0.2) is 0 Å². The first-order chi connectivity index (χ1) is 9.65. The third-order valence-corrected chi connectivity index (χ3v) is 2.45. The molecule has 0 spiro atoms. The number of amides is 2. The molecule has 7 nitrogen and oxygen atoms in total. The Kier molecular flexibility index (Phi) is 8.42. The molecule has 0 aromatic heterocycles. The van der Waals surface area contributed by atoms with Crippen molar-refractivity contribution >= 4 is 18.0 Å². The molecule has 7 heteroatoms. The molecule has 0 bridgehead atoms. The molecule has 2 N–H and O–H groups in total. The lowest BCUT2D eigenvalue weighted by molar-refractivity contribution is -0.140. The first-order valence-corrected chi connectivity index (χ1v) is 7.12. The van der Waals surface area contributed by atoms with E-state index >= 15 is 0 Å². The second-order valence-corrected chi connectivity index (χ2v) is 5.70. The standard InChI is InChI=1S/C14H26N2O5/c1-5-9-16(11(17)6-7-12(18)19)10-8-15-13(20)21-14(2,3)4/h5-10H2,1-4H3,(H,15,20)(H,18,19). The third-order valence-electron chi connectivity index (χ3n) is 2.45. The van der Waals surface area contributed by atoms with Crippen LogP contribution in [0.3, 0.4) is 0 Å². The third kappa shape index (κ3) is 10.6. The summed E-state index contributed by atoms with van der Waals surface area (Å²) in [5, 5.41) is 11.2. The zero-order valence-electron chi connectivity index (χ0n) is 13.3. The Morgan fingerprint density at radius 3 is 2.24 bits per heavy atom. The summed E-state index contributed by atoms with van der Waals surface area (Å²) in [4.78, 5) is 35.4. The van der Waals surface area contributed by atoms with E-state index in [1.165, 1.54) is 0 Å². The number of hydrogen-bond donors (Lipinski definition) is 2. The summed E-state index contributed by atoms with van der Waals surface area (Å²) in [6, 6.07) is 0. The van der Waals surface area contributed by atoms with Gasteiger partial charge in [-0.15, -0.1) is 0 Å². The summed E-state index contributed by atoms with van der Waals surface area (Å²) < 4.78 is 5.09. The number of aliphatic carboxylic acids is 1. The van der Waals surface area contributed by atoms with Crippen LogP contribution in [0.15, 0.2) is 0 Å². The molecule has 0 saturated heterocycles. The van der Waals surface area contributed by atoms with Crippen LogP contribution in [0.25, 0.3) is 0 Å². The highest BCUT2D eigenvalue weighted by Gasteiger charge is 2.17. The van der Waals surface area contributed by atoms with Gasteiger partial charge in [-0.25, -0.2) is 4.79 Å². The number of nitrogens with zero attached hydrogens (tertiary/aromatic N) is 1. The van der Waals surface area contributed by atoms with E-state index < -0.39 is 17.7 Å². The van der Waals surface area contributed by atoms with Crippen LogP contribution in [-0.2, 0) is 14.3 Å². The summed E-state index contributed by atoms with van der Waals surface area (Å²) in [7, 11) is 0. The van der Waals surface area contributed by atoms with E-state index in [1.807, 2.05) is 6.92 Å². The normalized spacial score (nSPS) is 10.9. The molecule has 0 aromatic carbocycles. The minimum absolute atomic E-state index is 0.0260. The van der Waals surface area contributed by atoms with E-state index in [-0.39, 0.29) is 25.3 Å². The van der Waals surface area contributed by atoms with Crippen molar-refractivity contribution in [3.63, 3.8) is 0 Å². The van der Waals surface area contributed by atoms with Crippen LogP contribution in [0.5, 0.6) is 0 Å². The molecule has 0 rings (SSSR count). The summed E-state index contributed by atoms with van der Waals surface area (Å²) in [6.07, 6.45) is 0.0305. The van der Waals surface area contributed by atoms with E-state index in [4.69, 9.17) is 9.84 Å². The topological polar surface area (TPSA) is 95.9 Å². The molecule has 0 aliphatic rings. The van der Waals surface area contributed by atoms with Gasteiger partial charge in [0, 0.05) is 26.1 Å². The second kappa shape index (κ2) is 9.20. The second-order valence-electron chi connectivity index (χ2n) is 5.70. The van der Waals surface area contributed by atoms with Gasteiger partial charge in [-0.3, -0.25) is 9.59 Å². The average Bonchev–Trinajstić information content (AvgIpc) is 2.32. The molecule has 0 fully saturated rings. The van der Waals surface area contributed by atoms with Crippen molar-refractivity contribution in [2.24, 2.45) is 0 Å². The van der Waals surface area contributed by atoms with Crippen molar-refractivity contribution in [3.8, 4) is 0 Å². The zero-order chi connectivity index (χ0) is 16.5. The highest BCUT2D eigenvalue weighted by Crippen LogP contribution is 2.06. The molecule has 0 aromatic rings. The van der Waals surface area contributed by atoms with Crippen LogP contribution in [-0.4, -0.2) is 53.2 Å². The Morgan fingerprint density at radius 2 is 1.76 bits per heavy atom. The summed E-state index contributed by atoms with van der Waals surface area (Å²) in [5.74, 6) is -1.21. The Labute approximate surface area is 125 Å². The van der Waals surface area contributed by atoms with Crippen molar-refractivity contribution in [3.05, 3.63) is 0 Å². The first kappa shape index (κ1) is 19.2. The van der Waals surface area contributed by atoms with Crippen LogP contribution in [0.2, 0.25) is 0 Å². The monoisotopic (exact) mass is 302 g/mol. The summed E-state index contributed by atoms with van der Waals surface area (Å²) in [6.45, 7) is 8.38. The van der Waals surface area contributed by atoms with Crippen molar-refractivity contribution in [2.75, 3.05) is 19.6 Å². The number of hydrogen-bond acceptors (Lipinski definition) is 4. The molecule has 0 aliphatic heterocycles. The van der Waals surface area contributed by atoms with E-state index in [0.29, 0.717) is 13.1 Å². The number of ether oxygens (including phenoxy) is 1. The molecule has 0 saturated carbocycles. The quantitative estimate of drug-likeness (QED) is 0.710. The summed E-state index contributed by atoms with van der Waals surface area (Å²) in [5.41, 5.74) is -0.565. The van der Waals surface area contributed by atoms with Gasteiger partial charge in [-0.1, -0.05) is 6.92 Å². The van der Waals surface area contributed by atoms with Gasteiger partial charge in [-0.05, 0) is 27.2 Å². The Hall–Kier alpha value is -1.79. The van der Waals surface area contributed by atoms with Crippen LogP contribution in [0.4, 0.5) is 4.79 Å². The highest BCUT2D eigenvalue weighted by atomic mass is 16.6. The van der Waals surface area contributed by atoms with Crippen molar-refractivity contribution in [2.45, 2.75) is 52.6 Å². The lowest BCUT2D eigenvalue weighted by atomic mass is 10.2. The maximum atomic E-state index is 11.9. The molecule has 21 heavy (non-hydrogen) atoms. The smallest absolute Gasteiger partial charge is 0.407 e. The number of alkyl carbamates (subject to hydrolysis) is 1. The van der Waals surface area contributed by atoms with Crippen molar-refractivity contribution < 1.29 is 24.2 Å². The van der Waals surface area contributed by atoms with Gasteiger partial charge in [0.2, 0.25) is 5.91 Å². The maximum Gasteiger partial charge on any atom is 0.407 e. The fourth-order valence-electron chi connectivity index (χ4n) is 1.61. The number of carboxylic acid groups (broad SMARTS) is 1. The fraction of sp³-hybridized carbons (Fsp3) is 0.786. The molecule has 0 heterocycles. The van der Waals surface area contributed by atoms with Crippen molar-refractivity contribution in [1.82, 2.24) is 10.2 Å². The predicted octanol–water partition coefficient (Wildman–Crippen LogP) is 1.61. The van der Waals surface area contributed by atoms with Gasteiger partial charge in [0.1, 0.15) is 5.60 Å². The first-order valence-electron chi connectivity index (χ1n) is 7.12. The maximum absolute atomic E-state index is 11.9. The fourth-order valence-corrected chi connectivity index (χ4v) is 1.61. The van der Waals surface area contributed by atoms with Gasteiger partial charge < -0.3 is 20.1 Å². The van der Waals surface area contributed by atoms with Crippen LogP contribution >= 0.6 is 0 Å². The lowest BCUT2D eigenvalue weighted by Crippen LogP contribution is -2.40. The molecule has 0 atom stereocenters. The molecule has 122 valence electrons. The number of carbonyl (C=O) groups excluding carboxylic acids is 2. The largest absolute Gasteiger partial charge is 0.481 e. The van der Waals surface area contributed by atoms with Gasteiger partial charge in [0.05, 0.1) is 6.42 Å². The van der Waals surface area contributed by atoms with Gasteiger partial charge in [-0.2, -0.15) is 0 Å². The Morgan fingerprint density at radius 1 is 1.14 bits per heavy atom. The molecular weight excluding hydrogens is 276 g/mol. The molecule has 0 radical (unpaired) electrons. The lowest BCUT2D eigenvalue weighted by Gasteiger charge is -2.23. The van der Waals surface area contributed by atoms with E-state index in [2.05, 4.69) is 5.32 Å². The van der Waals surface area contributed by atoms with Gasteiger partial charge in [0.25, 0.3) is 0 Å². The van der Waals surface area contributed by atoms with Crippen molar-refractivity contribution in [1.29, 1.82) is 0 Å². The average molecular weight is 302 g/mol. The molecular formula is C14H26N2O5. The minimum atomic E-state index is -0.994. The van der Waals surface area contributed by atoms with E-state index in [9.17, 15) is 14.4 Å². The highest BCUT2D eigenvalue weighted by molar-refractivity contribution is 5.80. The predicted molar refractivity (Wildman–Crippen MR) is 78.0 cm³/mol. The van der Waals surface area contributed by atoms with Crippen LogP contribution in [0.1, 0.15) is 47.0 Å². The van der Waals surface area contributed by atoms with Crippen LogP contribution in [0, 0.1) is 0 Å². The molecule has 0 aliphatic carbocycles.